The van der Waals surface area contributed by atoms with Gasteiger partial charge in [0.2, 0.25) is 0 Å². The lowest BCUT2D eigenvalue weighted by molar-refractivity contribution is -0.0817. The second-order valence-electron chi connectivity index (χ2n) is 3.03. The molecule has 0 amide bonds. The molecule has 0 saturated heterocycles. The van der Waals surface area contributed by atoms with Crippen LogP contribution in [0.2, 0.25) is 0 Å². The molecule has 15 heavy (non-hydrogen) atoms. The Morgan fingerprint density at radius 3 is 2.07 bits per heavy atom. The largest absolute Gasteiger partial charge is 0.495 e. The monoisotopic (exact) mass is 284 g/mol. The molecule has 0 bridgehead atoms. The normalized spacial score (nSPS) is 9.53. The van der Waals surface area contributed by atoms with Crippen LogP contribution in [0, 0.1) is 0 Å². The van der Waals surface area contributed by atoms with E-state index in [2.05, 4.69) is 24.3 Å². The number of benzene rings is 1. The third-order valence-electron chi connectivity index (χ3n) is 1.95. The van der Waals surface area contributed by atoms with E-state index in [4.69, 9.17) is 9.47 Å². The lowest BCUT2D eigenvalue weighted by Gasteiger charge is -2.16. The minimum atomic E-state index is -0.464. The summed E-state index contributed by atoms with van der Waals surface area (Å²) in [5.74, 6) is 0. The number of hydrogen-bond acceptors (Lipinski definition) is 2. The zero-order chi connectivity index (χ0) is 10.2. The SMILES string of the molecule is Br.CCO[CH](OCC)[Mg][c]1ccccc1. The predicted octanol–water partition coefficient (Wildman–Crippen LogP) is 1.95. The molecule has 0 aliphatic carbocycles. The lowest BCUT2D eigenvalue weighted by atomic mass is 10.4. The first kappa shape index (κ1) is 15.4. The zero-order valence-electron chi connectivity index (χ0n) is 9.31. The van der Waals surface area contributed by atoms with Gasteiger partial charge in [-0.2, -0.15) is 3.69 Å². The van der Waals surface area contributed by atoms with Gasteiger partial charge < -0.3 is 9.47 Å². The van der Waals surface area contributed by atoms with Crippen molar-refractivity contribution in [2.24, 2.45) is 0 Å². The number of hydrogen-bond donors (Lipinski definition) is 0. The molecule has 82 valence electrons. The molecule has 1 aromatic rings. The number of rotatable bonds is 6. The fraction of sp³-hybridized carbons (Fsp3) is 0.455. The van der Waals surface area contributed by atoms with Crippen LogP contribution in [0.4, 0.5) is 0 Å². The van der Waals surface area contributed by atoms with E-state index >= 15 is 0 Å². The smallest absolute Gasteiger partial charge is 0.381 e. The summed E-state index contributed by atoms with van der Waals surface area (Å²) in [6, 6.07) is 10.5. The molecule has 1 rings (SSSR count). The first-order chi connectivity index (χ1) is 6.86. The molecule has 0 aliphatic heterocycles. The van der Waals surface area contributed by atoms with E-state index in [0.717, 1.165) is 13.2 Å². The molecule has 0 fully saturated rings. The van der Waals surface area contributed by atoms with Gasteiger partial charge in [-0.15, -0.1) is 17.0 Å². The van der Waals surface area contributed by atoms with E-state index in [0.29, 0.717) is 0 Å². The Hall–Kier alpha value is 0.386. The molecule has 4 heteroatoms. The Labute approximate surface area is 112 Å². The Kier molecular flexibility index (Phi) is 9.85. The molecule has 0 spiro atoms. The molecule has 0 saturated carbocycles. The van der Waals surface area contributed by atoms with Gasteiger partial charge in [0.1, 0.15) is 0 Å². The van der Waals surface area contributed by atoms with Crippen LogP contribution in [0.25, 0.3) is 0 Å². The maximum Gasteiger partial charge on any atom is 0.495 e. The number of ether oxygens (including phenoxy) is 2. The van der Waals surface area contributed by atoms with Gasteiger partial charge in [0.15, 0.2) is 0 Å². The van der Waals surface area contributed by atoms with Crippen molar-refractivity contribution in [3.8, 4) is 0 Å². The summed E-state index contributed by atoms with van der Waals surface area (Å²) in [6.45, 7) is 5.46. The highest BCUT2D eigenvalue weighted by Gasteiger charge is 2.13. The lowest BCUT2D eigenvalue weighted by Crippen LogP contribution is -2.32. The third-order valence-corrected chi connectivity index (χ3v) is 3.70. The second-order valence-corrected chi connectivity index (χ2v) is 4.92. The summed E-state index contributed by atoms with van der Waals surface area (Å²) >= 11 is -0.464. The summed E-state index contributed by atoms with van der Waals surface area (Å²) in [7, 11) is 0. The van der Waals surface area contributed by atoms with Gasteiger partial charge in [0.25, 0.3) is 0 Å². The van der Waals surface area contributed by atoms with E-state index < -0.39 is 20.4 Å². The van der Waals surface area contributed by atoms with E-state index in [1.54, 1.807) is 0 Å². The quantitative estimate of drug-likeness (QED) is 0.587. The van der Waals surface area contributed by atoms with E-state index in [-0.39, 0.29) is 21.4 Å². The van der Waals surface area contributed by atoms with Crippen LogP contribution < -0.4 is 3.69 Å². The van der Waals surface area contributed by atoms with Gasteiger partial charge in [-0.25, -0.2) is 0 Å². The van der Waals surface area contributed by atoms with Crippen molar-refractivity contribution in [1.29, 1.82) is 0 Å². The van der Waals surface area contributed by atoms with Gasteiger partial charge >= 0.3 is 20.4 Å². The van der Waals surface area contributed by atoms with Crippen LogP contribution in [0.1, 0.15) is 13.8 Å². The summed E-state index contributed by atoms with van der Waals surface area (Å²) in [4.78, 5) is 0. The highest BCUT2D eigenvalue weighted by atomic mass is 79.9. The minimum Gasteiger partial charge on any atom is -0.381 e. The van der Waals surface area contributed by atoms with Gasteiger partial charge in [-0.3, -0.25) is 0 Å². The standard InChI is InChI=1S/C6H5.C5H11O2.BrH.Mg/c1-2-4-6-5-3-1;1-3-6-5-7-4-2;;/h1-5H;5H,3-4H2,1-2H3;1H;. The fourth-order valence-electron chi connectivity index (χ4n) is 1.34. The Morgan fingerprint density at radius 2 is 1.60 bits per heavy atom. The van der Waals surface area contributed by atoms with E-state index in [1.165, 1.54) is 3.69 Å². The first-order valence-electron chi connectivity index (χ1n) is 5.14. The fourth-order valence-corrected chi connectivity index (χ4v) is 2.98. The van der Waals surface area contributed by atoms with Gasteiger partial charge in [-0.05, 0) is 13.8 Å². The molecule has 1 aromatic carbocycles. The molecule has 2 nitrogen and oxygen atoms in total. The predicted molar refractivity (Wildman–Crippen MR) is 69.2 cm³/mol. The molecule has 0 radical (unpaired) electrons. The molecule has 0 N–H and O–H groups in total. The molecule has 0 unspecified atom stereocenters. The van der Waals surface area contributed by atoms with Crippen molar-refractivity contribution in [2.75, 3.05) is 13.2 Å². The van der Waals surface area contributed by atoms with Gasteiger partial charge in [-0.1, -0.05) is 30.3 Å². The Bertz CT molecular complexity index is 238. The summed E-state index contributed by atoms with van der Waals surface area (Å²) in [5.41, 5.74) is 0. The third kappa shape index (κ3) is 6.53. The number of halogens is 1. The molecule has 0 heterocycles. The Morgan fingerprint density at radius 1 is 1.07 bits per heavy atom. The topological polar surface area (TPSA) is 18.5 Å². The highest BCUT2D eigenvalue weighted by Crippen LogP contribution is 1.93. The van der Waals surface area contributed by atoms with Crippen molar-refractivity contribution in [2.45, 2.75) is 18.3 Å². The van der Waals surface area contributed by atoms with Gasteiger partial charge in [0, 0.05) is 13.2 Å². The second kappa shape index (κ2) is 9.60. The average molecular weight is 285 g/mol. The molecule has 0 atom stereocenters. The van der Waals surface area contributed by atoms with Gasteiger partial charge in [0.05, 0.1) is 4.42 Å². The maximum atomic E-state index is 5.53. The van der Waals surface area contributed by atoms with E-state index in [9.17, 15) is 0 Å². The van der Waals surface area contributed by atoms with Crippen molar-refractivity contribution >= 4 is 41.0 Å². The van der Waals surface area contributed by atoms with Crippen LogP contribution in [0.3, 0.4) is 0 Å². The van der Waals surface area contributed by atoms with E-state index in [1.807, 2.05) is 19.9 Å². The van der Waals surface area contributed by atoms with Crippen LogP contribution in [0.15, 0.2) is 30.3 Å². The van der Waals surface area contributed by atoms with Crippen molar-refractivity contribution < 1.29 is 9.47 Å². The summed E-state index contributed by atoms with van der Waals surface area (Å²) in [5, 5.41) is 0. The average Bonchev–Trinajstić information content (AvgIpc) is 2.20. The van der Waals surface area contributed by atoms with Crippen molar-refractivity contribution in [1.82, 2.24) is 0 Å². The van der Waals surface area contributed by atoms with Crippen molar-refractivity contribution in [3.63, 3.8) is 0 Å². The zero-order valence-corrected chi connectivity index (χ0v) is 12.4. The van der Waals surface area contributed by atoms with Crippen LogP contribution >= 0.6 is 17.0 Å². The molecular formula is C11H17BrMgO2. The van der Waals surface area contributed by atoms with Crippen LogP contribution in [-0.2, 0) is 9.47 Å². The first-order valence-corrected chi connectivity index (χ1v) is 6.66. The van der Waals surface area contributed by atoms with Crippen LogP contribution in [0.5, 0.6) is 0 Å². The molecular weight excluding hydrogens is 268 g/mol. The summed E-state index contributed by atoms with van der Waals surface area (Å²) in [6.07, 6.45) is 0. The van der Waals surface area contributed by atoms with Crippen LogP contribution in [-0.4, -0.2) is 38.0 Å². The molecule has 0 aromatic heterocycles. The Balaban J connectivity index is 0.00000196. The minimum absolute atomic E-state index is 0. The van der Waals surface area contributed by atoms with Crippen molar-refractivity contribution in [3.05, 3.63) is 30.3 Å². The highest BCUT2D eigenvalue weighted by molar-refractivity contribution is 8.93. The molecule has 0 aliphatic rings. The maximum absolute atomic E-state index is 5.53. The summed E-state index contributed by atoms with van der Waals surface area (Å²) < 4.78 is 12.5.